The molecule has 3 aromatic rings. The first-order chi connectivity index (χ1) is 11.0. The second-order valence-corrected chi connectivity index (χ2v) is 5.48. The first-order valence-electron chi connectivity index (χ1n) is 6.52. The van der Waals surface area contributed by atoms with E-state index in [1.165, 1.54) is 6.07 Å². The summed E-state index contributed by atoms with van der Waals surface area (Å²) in [5.41, 5.74) is 0.305. The molecule has 23 heavy (non-hydrogen) atoms. The minimum atomic E-state index is -0.820. The standard InChI is InChI=1S/C16H9Cl2F2NO2/c17-10-4-1-3-8(14(10)18)15-9(7-22)16(23-21-15)13-11(19)5-2-6-12(13)20/h1-6,22H,7H2. The van der Waals surface area contributed by atoms with Crippen molar-refractivity contribution in [3.63, 3.8) is 0 Å². The molecule has 118 valence electrons. The van der Waals surface area contributed by atoms with Crippen molar-refractivity contribution in [3.05, 3.63) is 63.6 Å². The molecule has 1 aromatic heterocycles. The molecule has 2 aromatic carbocycles. The number of aliphatic hydroxyl groups excluding tert-OH is 1. The Labute approximate surface area is 140 Å². The topological polar surface area (TPSA) is 46.3 Å². The van der Waals surface area contributed by atoms with E-state index < -0.39 is 23.8 Å². The molecule has 7 heteroatoms. The molecule has 0 saturated heterocycles. The molecule has 0 aliphatic rings. The van der Waals surface area contributed by atoms with Crippen LogP contribution >= 0.6 is 23.2 Å². The third-order valence-corrected chi connectivity index (χ3v) is 4.16. The zero-order valence-corrected chi connectivity index (χ0v) is 13.0. The lowest BCUT2D eigenvalue weighted by Crippen LogP contribution is -1.94. The van der Waals surface area contributed by atoms with Gasteiger partial charge < -0.3 is 9.63 Å². The lowest BCUT2D eigenvalue weighted by molar-refractivity contribution is 0.281. The van der Waals surface area contributed by atoms with Gasteiger partial charge in [-0.2, -0.15) is 0 Å². The van der Waals surface area contributed by atoms with E-state index in [1.807, 2.05) is 0 Å². The monoisotopic (exact) mass is 355 g/mol. The number of aliphatic hydroxyl groups is 1. The summed E-state index contributed by atoms with van der Waals surface area (Å²) in [6, 6.07) is 8.26. The van der Waals surface area contributed by atoms with Crippen LogP contribution in [0.15, 0.2) is 40.9 Å². The molecule has 0 aliphatic carbocycles. The summed E-state index contributed by atoms with van der Waals surface area (Å²) in [7, 11) is 0. The van der Waals surface area contributed by atoms with Gasteiger partial charge in [-0.25, -0.2) is 8.78 Å². The number of rotatable bonds is 3. The summed E-state index contributed by atoms with van der Waals surface area (Å²) in [6.45, 7) is -0.537. The van der Waals surface area contributed by atoms with Crippen molar-refractivity contribution in [2.24, 2.45) is 0 Å². The van der Waals surface area contributed by atoms with E-state index >= 15 is 0 Å². The van der Waals surface area contributed by atoms with E-state index in [9.17, 15) is 13.9 Å². The molecule has 0 fully saturated rings. The Morgan fingerprint density at radius 3 is 2.35 bits per heavy atom. The van der Waals surface area contributed by atoms with Crippen LogP contribution in [0.5, 0.6) is 0 Å². The average Bonchev–Trinajstić information content (AvgIpc) is 2.93. The zero-order valence-electron chi connectivity index (χ0n) is 11.5. The van der Waals surface area contributed by atoms with E-state index in [0.717, 1.165) is 12.1 Å². The second-order valence-electron chi connectivity index (χ2n) is 4.70. The highest BCUT2D eigenvalue weighted by molar-refractivity contribution is 6.43. The third-order valence-electron chi connectivity index (χ3n) is 3.34. The van der Waals surface area contributed by atoms with Gasteiger partial charge in [0.15, 0.2) is 5.76 Å². The molecule has 1 heterocycles. The number of nitrogens with zero attached hydrogens (tertiary/aromatic N) is 1. The molecule has 0 amide bonds. The fourth-order valence-corrected chi connectivity index (χ4v) is 2.66. The Balaban J connectivity index is 2.24. The van der Waals surface area contributed by atoms with E-state index in [-0.39, 0.29) is 27.1 Å². The highest BCUT2D eigenvalue weighted by Crippen LogP contribution is 2.39. The van der Waals surface area contributed by atoms with E-state index in [4.69, 9.17) is 27.7 Å². The number of benzene rings is 2. The Morgan fingerprint density at radius 1 is 1.04 bits per heavy atom. The second kappa shape index (κ2) is 6.28. The smallest absolute Gasteiger partial charge is 0.178 e. The van der Waals surface area contributed by atoms with Gasteiger partial charge in [0, 0.05) is 5.56 Å². The van der Waals surface area contributed by atoms with Crippen LogP contribution in [0.3, 0.4) is 0 Å². The van der Waals surface area contributed by atoms with Gasteiger partial charge in [-0.15, -0.1) is 0 Å². The number of aromatic nitrogens is 1. The SMILES string of the molecule is OCc1c(-c2cccc(Cl)c2Cl)noc1-c1c(F)cccc1F. The van der Waals surface area contributed by atoms with Crippen LogP contribution in [0.1, 0.15) is 5.56 Å². The third kappa shape index (κ3) is 2.72. The summed E-state index contributed by atoms with van der Waals surface area (Å²) in [6.07, 6.45) is 0. The average molecular weight is 356 g/mol. The molecule has 0 saturated carbocycles. The number of halogens is 4. The first kappa shape index (κ1) is 15.9. The first-order valence-corrected chi connectivity index (χ1v) is 7.28. The van der Waals surface area contributed by atoms with E-state index in [2.05, 4.69) is 5.16 Å². The molecule has 3 nitrogen and oxygen atoms in total. The minimum Gasteiger partial charge on any atom is -0.391 e. The molecule has 0 spiro atoms. The lowest BCUT2D eigenvalue weighted by atomic mass is 10.0. The molecule has 0 bridgehead atoms. The van der Waals surface area contributed by atoms with Gasteiger partial charge in [-0.3, -0.25) is 0 Å². The van der Waals surface area contributed by atoms with Crippen molar-refractivity contribution in [2.45, 2.75) is 6.61 Å². The van der Waals surface area contributed by atoms with Crippen molar-refractivity contribution in [1.82, 2.24) is 5.16 Å². The highest BCUT2D eigenvalue weighted by atomic mass is 35.5. The summed E-state index contributed by atoms with van der Waals surface area (Å²) in [4.78, 5) is 0. The number of hydrogen-bond donors (Lipinski definition) is 1. The van der Waals surface area contributed by atoms with Gasteiger partial charge >= 0.3 is 0 Å². The van der Waals surface area contributed by atoms with Gasteiger partial charge in [-0.1, -0.05) is 46.6 Å². The van der Waals surface area contributed by atoms with Crippen LogP contribution in [-0.4, -0.2) is 10.3 Å². The Morgan fingerprint density at radius 2 is 1.70 bits per heavy atom. The predicted molar refractivity (Wildman–Crippen MR) is 83.2 cm³/mol. The molecule has 0 atom stereocenters. The minimum absolute atomic E-state index is 0.123. The van der Waals surface area contributed by atoms with Crippen molar-refractivity contribution in [3.8, 4) is 22.6 Å². The van der Waals surface area contributed by atoms with Gasteiger partial charge in [-0.05, 0) is 18.2 Å². The molecule has 0 unspecified atom stereocenters. The van der Waals surface area contributed by atoms with E-state index in [1.54, 1.807) is 18.2 Å². The maximum absolute atomic E-state index is 14.0. The molecule has 0 aliphatic heterocycles. The highest BCUT2D eigenvalue weighted by Gasteiger charge is 2.24. The Bertz CT molecular complexity index is 860. The largest absolute Gasteiger partial charge is 0.391 e. The van der Waals surface area contributed by atoms with Crippen LogP contribution in [0.25, 0.3) is 22.6 Å². The summed E-state index contributed by atoms with van der Waals surface area (Å²) in [5, 5.41) is 13.9. The molecular weight excluding hydrogens is 347 g/mol. The van der Waals surface area contributed by atoms with Gasteiger partial charge in [0.25, 0.3) is 0 Å². The Kier molecular flexibility index (Phi) is 4.35. The van der Waals surface area contributed by atoms with Crippen LogP contribution in [0.4, 0.5) is 8.78 Å². The van der Waals surface area contributed by atoms with Crippen molar-refractivity contribution in [2.75, 3.05) is 0 Å². The maximum atomic E-state index is 14.0. The van der Waals surface area contributed by atoms with Crippen LogP contribution in [0.2, 0.25) is 10.0 Å². The quantitative estimate of drug-likeness (QED) is 0.711. The van der Waals surface area contributed by atoms with E-state index in [0.29, 0.717) is 5.56 Å². The fourth-order valence-electron chi connectivity index (χ4n) is 2.27. The van der Waals surface area contributed by atoms with Crippen molar-refractivity contribution in [1.29, 1.82) is 0 Å². The molecule has 3 rings (SSSR count). The lowest BCUT2D eigenvalue weighted by Gasteiger charge is -2.05. The van der Waals surface area contributed by atoms with Gasteiger partial charge in [0.05, 0.1) is 27.8 Å². The van der Waals surface area contributed by atoms with Crippen LogP contribution in [-0.2, 0) is 6.61 Å². The van der Waals surface area contributed by atoms with Crippen LogP contribution in [0, 0.1) is 11.6 Å². The zero-order chi connectivity index (χ0) is 16.6. The van der Waals surface area contributed by atoms with Crippen molar-refractivity contribution >= 4 is 23.2 Å². The summed E-state index contributed by atoms with van der Waals surface area (Å²) >= 11 is 12.1. The number of hydrogen-bond acceptors (Lipinski definition) is 3. The van der Waals surface area contributed by atoms with Crippen molar-refractivity contribution < 1.29 is 18.4 Å². The molecule has 1 N–H and O–H groups in total. The Hall–Kier alpha value is -1.95. The predicted octanol–water partition coefficient (Wildman–Crippen LogP) is 5.09. The molecule has 0 radical (unpaired) electrons. The normalized spacial score (nSPS) is 11.0. The van der Waals surface area contributed by atoms with Crippen LogP contribution < -0.4 is 0 Å². The maximum Gasteiger partial charge on any atom is 0.178 e. The summed E-state index contributed by atoms with van der Waals surface area (Å²) in [5.74, 6) is -1.83. The summed E-state index contributed by atoms with van der Waals surface area (Å²) < 4.78 is 33.0. The van der Waals surface area contributed by atoms with Gasteiger partial charge in [0.1, 0.15) is 17.3 Å². The fraction of sp³-hybridized carbons (Fsp3) is 0.0625. The molecular formula is C16H9Cl2F2NO2. The van der Waals surface area contributed by atoms with Gasteiger partial charge in [0.2, 0.25) is 0 Å².